The van der Waals surface area contributed by atoms with Gasteiger partial charge in [0.25, 0.3) is 10.2 Å². The van der Waals surface area contributed by atoms with Crippen LogP contribution in [0.5, 0.6) is 0 Å². The highest BCUT2D eigenvalue weighted by molar-refractivity contribution is 7.87. The minimum Gasteiger partial charge on any atom is -0.468 e. The molecule has 1 fully saturated rings. The number of nitrogens with one attached hydrogen (secondary N) is 1. The molecule has 102 valence electrons. The van der Waals surface area contributed by atoms with Crippen molar-refractivity contribution in [1.29, 1.82) is 0 Å². The summed E-state index contributed by atoms with van der Waals surface area (Å²) in [6.45, 7) is 0.201. The zero-order valence-corrected chi connectivity index (χ0v) is 11.4. The van der Waals surface area contributed by atoms with Crippen molar-refractivity contribution in [1.82, 2.24) is 9.03 Å². The van der Waals surface area contributed by atoms with E-state index in [4.69, 9.17) is 4.42 Å². The van der Waals surface area contributed by atoms with Crippen LogP contribution in [0, 0.1) is 0 Å². The van der Waals surface area contributed by atoms with Gasteiger partial charge >= 0.3 is 0 Å². The lowest BCUT2D eigenvalue weighted by molar-refractivity contribution is 0.282. The van der Waals surface area contributed by atoms with E-state index >= 15 is 0 Å². The predicted octanol–water partition coefficient (Wildman–Crippen LogP) is 1.88. The molecule has 1 aliphatic rings. The Morgan fingerprint density at radius 1 is 1.39 bits per heavy atom. The lowest BCUT2D eigenvalue weighted by Gasteiger charge is -2.30. The van der Waals surface area contributed by atoms with E-state index in [0.717, 1.165) is 25.7 Å². The van der Waals surface area contributed by atoms with Crippen LogP contribution in [-0.2, 0) is 16.8 Å². The van der Waals surface area contributed by atoms with Gasteiger partial charge in [-0.25, -0.2) is 0 Å². The molecule has 0 amide bonds. The largest absolute Gasteiger partial charge is 0.468 e. The fourth-order valence-corrected chi connectivity index (χ4v) is 3.45. The summed E-state index contributed by atoms with van der Waals surface area (Å²) in [5, 5.41) is 0. The SMILES string of the molecule is CN(C1CCCCC1)S(=O)(=O)NCc1ccco1. The number of nitrogens with zero attached hydrogens (tertiary/aromatic N) is 1. The van der Waals surface area contributed by atoms with E-state index in [0.29, 0.717) is 5.76 Å². The number of furan rings is 1. The molecule has 1 heterocycles. The third-order valence-corrected chi connectivity index (χ3v) is 5.04. The first-order valence-electron chi connectivity index (χ1n) is 6.34. The quantitative estimate of drug-likeness (QED) is 0.890. The lowest BCUT2D eigenvalue weighted by Crippen LogP contribution is -2.44. The van der Waals surface area contributed by atoms with Gasteiger partial charge in [0, 0.05) is 13.1 Å². The van der Waals surface area contributed by atoms with Crippen molar-refractivity contribution in [3.8, 4) is 0 Å². The summed E-state index contributed by atoms with van der Waals surface area (Å²) in [6, 6.07) is 3.63. The molecule has 6 heteroatoms. The molecule has 0 saturated heterocycles. The maximum Gasteiger partial charge on any atom is 0.279 e. The minimum absolute atomic E-state index is 0.132. The van der Waals surface area contributed by atoms with Gasteiger partial charge in [0.15, 0.2) is 0 Å². The highest BCUT2D eigenvalue weighted by Gasteiger charge is 2.27. The van der Waals surface area contributed by atoms with Crippen LogP contribution in [0.4, 0.5) is 0 Å². The molecule has 1 N–H and O–H groups in total. The van der Waals surface area contributed by atoms with Crippen molar-refractivity contribution in [2.75, 3.05) is 7.05 Å². The Balaban J connectivity index is 1.92. The van der Waals surface area contributed by atoms with E-state index in [1.54, 1.807) is 19.2 Å². The van der Waals surface area contributed by atoms with Gasteiger partial charge < -0.3 is 4.42 Å². The average Bonchev–Trinajstić information content (AvgIpc) is 2.90. The Kier molecular flexibility index (Phi) is 4.42. The molecule has 1 aromatic rings. The van der Waals surface area contributed by atoms with Gasteiger partial charge in [0.05, 0.1) is 12.8 Å². The molecule has 0 aromatic carbocycles. The molecule has 1 saturated carbocycles. The van der Waals surface area contributed by atoms with Gasteiger partial charge in [-0.3, -0.25) is 0 Å². The third-order valence-electron chi connectivity index (χ3n) is 3.48. The highest BCUT2D eigenvalue weighted by Crippen LogP contribution is 2.23. The Morgan fingerprint density at radius 2 is 2.11 bits per heavy atom. The van der Waals surface area contributed by atoms with Crippen LogP contribution >= 0.6 is 0 Å². The van der Waals surface area contributed by atoms with E-state index in [2.05, 4.69) is 4.72 Å². The Labute approximate surface area is 108 Å². The summed E-state index contributed by atoms with van der Waals surface area (Å²) < 4.78 is 33.3. The van der Waals surface area contributed by atoms with Crippen LogP contribution in [0.3, 0.4) is 0 Å². The van der Waals surface area contributed by atoms with Crippen molar-refractivity contribution in [3.05, 3.63) is 24.2 Å². The number of hydrogen-bond acceptors (Lipinski definition) is 3. The van der Waals surface area contributed by atoms with Gasteiger partial charge in [-0.1, -0.05) is 19.3 Å². The molecule has 0 aliphatic heterocycles. The molecule has 0 bridgehead atoms. The molecular formula is C12H20N2O3S. The minimum atomic E-state index is -3.41. The molecule has 1 aromatic heterocycles. The summed E-state index contributed by atoms with van der Waals surface area (Å²) in [5.74, 6) is 0.621. The second kappa shape index (κ2) is 5.86. The van der Waals surface area contributed by atoms with E-state index < -0.39 is 10.2 Å². The summed E-state index contributed by atoms with van der Waals surface area (Å²) in [7, 11) is -1.76. The van der Waals surface area contributed by atoms with Crippen LogP contribution in [0.25, 0.3) is 0 Å². The van der Waals surface area contributed by atoms with Gasteiger partial charge in [-0.15, -0.1) is 0 Å². The standard InChI is InChI=1S/C12H20N2O3S/c1-14(11-6-3-2-4-7-11)18(15,16)13-10-12-8-5-9-17-12/h5,8-9,11,13H,2-4,6-7,10H2,1H3. The number of rotatable bonds is 5. The zero-order chi connectivity index (χ0) is 13.0. The lowest BCUT2D eigenvalue weighted by atomic mass is 9.96. The molecule has 5 nitrogen and oxygen atoms in total. The summed E-state index contributed by atoms with van der Waals surface area (Å²) in [6.07, 6.45) is 6.89. The normalized spacial score (nSPS) is 18.3. The Morgan fingerprint density at radius 3 is 2.72 bits per heavy atom. The second-order valence-corrected chi connectivity index (χ2v) is 6.53. The van der Waals surface area contributed by atoms with Crippen molar-refractivity contribution in [3.63, 3.8) is 0 Å². The fraction of sp³-hybridized carbons (Fsp3) is 0.667. The molecule has 0 unspecified atom stereocenters. The van der Waals surface area contributed by atoms with Gasteiger partial charge in [-0.2, -0.15) is 17.4 Å². The first kappa shape index (κ1) is 13.6. The monoisotopic (exact) mass is 272 g/mol. The fourth-order valence-electron chi connectivity index (χ4n) is 2.32. The smallest absolute Gasteiger partial charge is 0.279 e. The van der Waals surface area contributed by atoms with Gasteiger partial charge in [0.2, 0.25) is 0 Å². The van der Waals surface area contributed by atoms with Crippen LogP contribution in [-0.4, -0.2) is 25.8 Å². The summed E-state index contributed by atoms with van der Waals surface area (Å²) in [4.78, 5) is 0. The van der Waals surface area contributed by atoms with Crippen LogP contribution in [0.1, 0.15) is 37.9 Å². The molecule has 0 spiro atoms. The van der Waals surface area contributed by atoms with E-state index in [-0.39, 0.29) is 12.6 Å². The number of hydrogen-bond donors (Lipinski definition) is 1. The maximum absolute atomic E-state index is 12.1. The van der Waals surface area contributed by atoms with E-state index in [1.165, 1.54) is 17.0 Å². The van der Waals surface area contributed by atoms with Gasteiger partial charge in [-0.05, 0) is 25.0 Å². The molecular weight excluding hydrogens is 252 g/mol. The average molecular weight is 272 g/mol. The topological polar surface area (TPSA) is 62.6 Å². The van der Waals surface area contributed by atoms with E-state index in [9.17, 15) is 8.42 Å². The third kappa shape index (κ3) is 3.34. The van der Waals surface area contributed by atoms with E-state index in [1.807, 2.05) is 0 Å². The highest BCUT2D eigenvalue weighted by atomic mass is 32.2. The van der Waals surface area contributed by atoms with Crippen molar-refractivity contribution in [2.24, 2.45) is 0 Å². The summed E-state index contributed by atoms with van der Waals surface area (Å²) in [5.41, 5.74) is 0. The molecule has 1 aliphatic carbocycles. The summed E-state index contributed by atoms with van der Waals surface area (Å²) >= 11 is 0. The van der Waals surface area contributed by atoms with Gasteiger partial charge in [0.1, 0.15) is 5.76 Å². The van der Waals surface area contributed by atoms with Crippen molar-refractivity contribution < 1.29 is 12.8 Å². The predicted molar refractivity (Wildman–Crippen MR) is 69.1 cm³/mol. The first-order chi connectivity index (χ1) is 8.59. The zero-order valence-electron chi connectivity index (χ0n) is 10.6. The Hall–Kier alpha value is -0.850. The van der Waals surface area contributed by atoms with Crippen molar-refractivity contribution >= 4 is 10.2 Å². The van der Waals surface area contributed by atoms with Crippen molar-refractivity contribution in [2.45, 2.75) is 44.7 Å². The van der Waals surface area contributed by atoms with Crippen LogP contribution in [0.2, 0.25) is 0 Å². The molecule has 0 radical (unpaired) electrons. The molecule has 0 atom stereocenters. The second-order valence-electron chi connectivity index (χ2n) is 4.71. The Bertz CT molecular complexity index is 450. The maximum atomic E-state index is 12.1. The molecule has 18 heavy (non-hydrogen) atoms. The van der Waals surface area contributed by atoms with Crippen LogP contribution < -0.4 is 4.72 Å². The first-order valence-corrected chi connectivity index (χ1v) is 7.78. The molecule has 2 rings (SSSR count). The van der Waals surface area contributed by atoms with Crippen LogP contribution in [0.15, 0.2) is 22.8 Å².